The van der Waals surface area contributed by atoms with Gasteiger partial charge < -0.3 is 15.1 Å². The minimum Gasteiger partial charge on any atom is -0.508 e. The molecule has 4 nitrogen and oxygen atoms in total. The highest BCUT2D eigenvalue weighted by atomic mass is 16.3. The van der Waals surface area contributed by atoms with Crippen LogP contribution in [0.4, 0.5) is 0 Å². The maximum atomic E-state index is 12.2. The Balaban J connectivity index is 1.19. The van der Waals surface area contributed by atoms with Gasteiger partial charge in [0.2, 0.25) is 5.91 Å². The van der Waals surface area contributed by atoms with Crippen molar-refractivity contribution < 1.29 is 15.0 Å². The number of amides is 1. The lowest BCUT2D eigenvalue weighted by Gasteiger charge is -2.53. The van der Waals surface area contributed by atoms with Crippen LogP contribution in [-0.2, 0) is 11.2 Å². The van der Waals surface area contributed by atoms with E-state index in [9.17, 15) is 15.0 Å². The van der Waals surface area contributed by atoms with E-state index in [1.165, 1.54) is 75.3 Å². The van der Waals surface area contributed by atoms with Gasteiger partial charge in [-0.25, -0.2) is 0 Å². The van der Waals surface area contributed by atoms with Crippen molar-refractivity contribution in [3.63, 3.8) is 0 Å². The van der Waals surface area contributed by atoms with Gasteiger partial charge in [0.25, 0.3) is 0 Å². The summed E-state index contributed by atoms with van der Waals surface area (Å²) in [5.74, 6) is 3.33. The van der Waals surface area contributed by atoms with Gasteiger partial charge in [0.15, 0.2) is 0 Å². The highest BCUT2D eigenvalue weighted by Crippen LogP contribution is 2.62. The lowest BCUT2D eigenvalue weighted by molar-refractivity contribution is -0.130. The lowest BCUT2D eigenvalue weighted by atomic mass is 9.52. The van der Waals surface area contributed by atoms with Crippen LogP contribution < -0.4 is 0 Å². The summed E-state index contributed by atoms with van der Waals surface area (Å²) >= 11 is 0. The molecule has 0 heterocycles. The molecule has 4 unspecified atom stereocenters. The van der Waals surface area contributed by atoms with Crippen molar-refractivity contribution in [2.24, 2.45) is 23.2 Å². The largest absolute Gasteiger partial charge is 0.508 e. The Morgan fingerprint density at radius 3 is 2.45 bits per heavy atom. The van der Waals surface area contributed by atoms with Crippen molar-refractivity contribution in [3.8, 4) is 5.75 Å². The summed E-state index contributed by atoms with van der Waals surface area (Å²) in [6, 6.07) is 6.12. The molecule has 1 aromatic carbocycles. The minimum absolute atomic E-state index is 0.101. The van der Waals surface area contributed by atoms with Crippen molar-refractivity contribution in [1.29, 1.82) is 0 Å². The molecule has 6 atom stereocenters. The molecule has 3 aliphatic carbocycles. The number of carbonyl (C=O) groups is 1. The highest BCUT2D eigenvalue weighted by Gasteiger charge is 2.56. The summed E-state index contributed by atoms with van der Waals surface area (Å²) in [4.78, 5) is 14.1. The predicted octanol–water partition coefficient (Wildman–Crippen LogP) is 7.99. The third-order valence-corrected chi connectivity index (χ3v) is 10.8. The molecule has 1 aromatic rings. The first-order valence-electron chi connectivity index (χ1n) is 16.1. The second kappa shape index (κ2) is 13.7. The zero-order chi connectivity index (χ0) is 27.1. The summed E-state index contributed by atoms with van der Waals surface area (Å²) in [7, 11) is 1.94. The summed E-state index contributed by atoms with van der Waals surface area (Å²) in [6.07, 6.45) is 19.7. The SMILES string of the molecule is CCCCN(C)C(=O)CCCCCCCCCCC1Cc2cc(O)ccc2C2CC[C@@]3(C)C(CC[C@@H]3O)C12. The number of fused-ring (bicyclic) bond motifs is 5. The van der Waals surface area contributed by atoms with Gasteiger partial charge in [-0.15, -0.1) is 0 Å². The molecule has 38 heavy (non-hydrogen) atoms. The fourth-order valence-electron chi connectivity index (χ4n) is 8.49. The number of aliphatic hydroxyl groups excluding tert-OH is 1. The Hall–Kier alpha value is -1.55. The van der Waals surface area contributed by atoms with E-state index in [2.05, 4.69) is 19.9 Å². The van der Waals surface area contributed by atoms with Gasteiger partial charge in [-0.05, 0) is 104 Å². The number of carbonyl (C=O) groups excluding carboxylic acids is 1. The van der Waals surface area contributed by atoms with Crippen LogP contribution in [0.5, 0.6) is 5.75 Å². The Labute approximate surface area is 232 Å². The van der Waals surface area contributed by atoms with Crippen molar-refractivity contribution in [1.82, 2.24) is 4.90 Å². The maximum Gasteiger partial charge on any atom is 0.222 e. The Bertz CT molecular complexity index is 900. The van der Waals surface area contributed by atoms with Gasteiger partial charge in [0.1, 0.15) is 5.75 Å². The van der Waals surface area contributed by atoms with Gasteiger partial charge in [-0.3, -0.25) is 4.79 Å². The number of phenols is 1. The third kappa shape index (κ3) is 6.77. The molecule has 0 aromatic heterocycles. The first kappa shape index (κ1) is 29.4. The zero-order valence-electron chi connectivity index (χ0n) is 24.6. The standard InChI is InChI=1S/C34H55NO3/c1-4-5-22-35(3)32(38)15-13-11-9-7-6-8-10-12-14-25-23-26-24-27(36)16-17-28(26)29-20-21-34(2)30(33(25)29)18-19-31(34)37/h16-17,24-25,29-31,33,36-37H,4-15,18-23H2,1-3H3/t25?,29?,30?,31-,33?,34-/m0/s1. The van der Waals surface area contributed by atoms with E-state index in [-0.39, 0.29) is 11.5 Å². The van der Waals surface area contributed by atoms with Crippen LogP contribution in [-0.4, -0.2) is 40.7 Å². The highest BCUT2D eigenvalue weighted by molar-refractivity contribution is 5.75. The molecular formula is C34H55NO3. The van der Waals surface area contributed by atoms with Gasteiger partial charge in [0, 0.05) is 20.0 Å². The normalized spacial score (nSPS) is 29.9. The molecule has 214 valence electrons. The van der Waals surface area contributed by atoms with E-state index in [4.69, 9.17) is 0 Å². The number of hydrogen-bond donors (Lipinski definition) is 2. The molecule has 0 spiro atoms. The van der Waals surface area contributed by atoms with E-state index in [1.807, 2.05) is 24.1 Å². The van der Waals surface area contributed by atoms with Crippen LogP contribution in [0, 0.1) is 23.2 Å². The molecule has 0 radical (unpaired) electrons. The number of aromatic hydroxyl groups is 1. The van der Waals surface area contributed by atoms with Crippen LogP contribution in [0.1, 0.15) is 134 Å². The van der Waals surface area contributed by atoms with Crippen LogP contribution in [0.3, 0.4) is 0 Å². The van der Waals surface area contributed by atoms with Gasteiger partial charge >= 0.3 is 0 Å². The van der Waals surface area contributed by atoms with Crippen molar-refractivity contribution >= 4 is 5.91 Å². The first-order valence-corrected chi connectivity index (χ1v) is 16.1. The number of hydrogen-bond acceptors (Lipinski definition) is 3. The Kier molecular flexibility index (Phi) is 10.6. The van der Waals surface area contributed by atoms with Crippen LogP contribution in [0.2, 0.25) is 0 Å². The molecule has 2 saturated carbocycles. The number of phenolic OH excluding ortho intramolecular Hbond substituents is 1. The van der Waals surface area contributed by atoms with Crippen LogP contribution in [0.25, 0.3) is 0 Å². The molecule has 2 fully saturated rings. The monoisotopic (exact) mass is 525 g/mol. The summed E-state index contributed by atoms with van der Waals surface area (Å²) in [6.45, 7) is 5.44. The third-order valence-electron chi connectivity index (χ3n) is 10.8. The zero-order valence-corrected chi connectivity index (χ0v) is 24.6. The number of benzene rings is 1. The minimum atomic E-state index is -0.129. The van der Waals surface area contributed by atoms with Crippen molar-refractivity contribution in [2.75, 3.05) is 13.6 Å². The summed E-state index contributed by atoms with van der Waals surface area (Å²) in [5.41, 5.74) is 2.97. The van der Waals surface area contributed by atoms with Gasteiger partial charge in [-0.1, -0.05) is 71.3 Å². The lowest BCUT2D eigenvalue weighted by Crippen LogP contribution is -2.47. The molecule has 3 aliphatic rings. The van der Waals surface area contributed by atoms with E-state index in [0.717, 1.165) is 45.1 Å². The average molecular weight is 526 g/mol. The molecule has 0 saturated heterocycles. The first-order chi connectivity index (χ1) is 18.3. The fraction of sp³-hybridized carbons (Fsp3) is 0.794. The molecule has 4 heteroatoms. The second-order valence-corrected chi connectivity index (χ2v) is 13.3. The average Bonchev–Trinajstić information content (AvgIpc) is 3.21. The Morgan fingerprint density at radius 1 is 1.00 bits per heavy atom. The summed E-state index contributed by atoms with van der Waals surface area (Å²) in [5, 5.41) is 21.1. The number of aliphatic hydroxyl groups is 1. The number of nitrogens with zero attached hydrogens (tertiary/aromatic N) is 1. The van der Waals surface area contributed by atoms with E-state index < -0.39 is 0 Å². The van der Waals surface area contributed by atoms with Gasteiger partial charge in [-0.2, -0.15) is 0 Å². The molecule has 4 rings (SSSR count). The van der Waals surface area contributed by atoms with Gasteiger partial charge in [0.05, 0.1) is 6.10 Å². The van der Waals surface area contributed by atoms with Crippen LogP contribution >= 0.6 is 0 Å². The topological polar surface area (TPSA) is 60.8 Å². The van der Waals surface area contributed by atoms with Crippen molar-refractivity contribution in [2.45, 2.75) is 135 Å². The number of rotatable bonds is 14. The quantitative estimate of drug-likeness (QED) is 0.242. The molecule has 2 N–H and O–H groups in total. The molecule has 0 bridgehead atoms. The summed E-state index contributed by atoms with van der Waals surface area (Å²) < 4.78 is 0. The molecule has 0 aliphatic heterocycles. The smallest absolute Gasteiger partial charge is 0.222 e. The fourth-order valence-corrected chi connectivity index (χ4v) is 8.49. The molecular weight excluding hydrogens is 470 g/mol. The van der Waals surface area contributed by atoms with Crippen molar-refractivity contribution in [3.05, 3.63) is 29.3 Å². The van der Waals surface area contributed by atoms with Crippen LogP contribution in [0.15, 0.2) is 18.2 Å². The maximum absolute atomic E-state index is 12.2. The Morgan fingerprint density at radius 2 is 1.71 bits per heavy atom. The number of unbranched alkanes of at least 4 members (excludes halogenated alkanes) is 8. The van der Waals surface area contributed by atoms with E-state index in [1.54, 1.807) is 0 Å². The molecule has 1 amide bonds. The predicted molar refractivity (Wildman–Crippen MR) is 156 cm³/mol. The second-order valence-electron chi connectivity index (χ2n) is 13.3. The van der Waals surface area contributed by atoms with E-state index >= 15 is 0 Å². The van der Waals surface area contributed by atoms with E-state index in [0.29, 0.717) is 41.7 Å².